The summed E-state index contributed by atoms with van der Waals surface area (Å²) in [5.41, 5.74) is 8.31. The molecular formula is C34H44N2O2+2. The van der Waals surface area contributed by atoms with Crippen LogP contribution in [0.25, 0.3) is 0 Å². The van der Waals surface area contributed by atoms with Crippen LogP contribution in [0.2, 0.25) is 0 Å². The number of likely N-dealkylation sites (N-methyl/N-ethyl adjacent to an activating group) is 1. The topological polar surface area (TPSA) is 37.8 Å². The lowest BCUT2D eigenvalue weighted by Crippen LogP contribution is -2.47. The van der Waals surface area contributed by atoms with Gasteiger partial charge in [0.15, 0.2) is 5.71 Å². The second kappa shape index (κ2) is 9.96. The van der Waals surface area contributed by atoms with Crippen molar-refractivity contribution in [2.24, 2.45) is 5.92 Å². The van der Waals surface area contributed by atoms with E-state index >= 15 is 0 Å². The minimum atomic E-state index is -0.594. The number of anilines is 1. The summed E-state index contributed by atoms with van der Waals surface area (Å²) in [5.74, 6) is 0.773. The van der Waals surface area contributed by atoms with E-state index in [9.17, 15) is 5.11 Å². The Hall–Kier alpha value is -2.98. The van der Waals surface area contributed by atoms with Crippen molar-refractivity contribution in [3.05, 3.63) is 83.1 Å². The predicted octanol–water partition coefficient (Wildman–Crippen LogP) is 6.61. The molecule has 38 heavy (non-hydrogen) atoms. The molecule has 4 heteroatoms. The highest BCUT2D eigenvalue weighted by Crippen LogP contribution is 2.49. The van der Waals surface area contributed by atoms with Gasteiger partial charge in [-0.05, 0) is 51.8 Å². The molecule has 1 saturated carbocycles. The lowest BCUT2D eigenvalue weighted by atomic mass is 9.71. The van der Waals surface area contributed by atoms with Crippen molar-refractivity contribution in [1.29, 1.82) is 0 Å². The third kappa shape index (κ3) is 4.00. The Morgan fingerprint density at radius 3 is 2.32 bits per heavy atom. The van der Waals surface area contributed by atoms with E-state index in [1.54, 1.807) is 0 Å². The highest BCUT2D eigenvalue weighted by Gasteiger charge is 2.54. The van der Waals surface area contributed by atoms with Gasteiger partial charge in [-0.3, -0.25) is 4.42 Å². The maximum Gasteiger partial charge on any atom is 0.335 e. The highest BCUT2D eigenvalue weighted by molar-refractivity contribution is 6.14. The van der Waals surface area contributed by atoms with Gasteiger partial charge in [-0.2, -0.15) is 4.58 Å². The number of fused-ring (bicyclic) bond motifs is 2. The molecule has 2 unspecified atom stereocenters. The fourth-order valence-corrected chi connectivity index (χ4v) is 6.65. The van der Waals surface area contributed by atoms with E-state index in [1.807, 2.05) is 0 Å². The van der Waals surface area contributed by atoms with Crippen molar-refractivity contribution in [3.63, 3.8) is 0 Å². The maximum atomic E-state index is 11.6. The van der Waals surface area contributed by atoms with Crippen molar-refractivity contribution in [1.82, 2.24) is 0 Å². The minimum absolute atomic E-state index is 0.136. The van der Waals surface area contributed by atoms with Crippen LogP contribution in [0.5, 0.6) is 0 Å². The SMILES string of the molecule is CCCC[O+]=C1C(=CC2=[N+](CC)c3ccccc3C2(C)C)C(O)C1C=C1N(CC)c2ccccc2C1(C)C. The molecule has 5 rings (SSSR count). The Kier molecular flexibility index (Phi) is 6.98. The molecule has 1 aliphatic carbocycles. The summed E-state index contributed by atoms with van der Waals surface area (Å²) in [6, 6.07) is 17.4. The van der Waals surface area contributed by atoms with Gasteiger partial charge in [0.25, 0.3) is 6.61 Å². The molecule has 0 saturated heterocycles. The molecule has 2 atom stereocenters. The van der Waals surface area contributed by atoms with Crippen molar-refractivity contribution in [2.75, 3.05) is 24.6 Å². The zero-order chi connectivity index (χ0) is 27.2. The van der Waals surface area contributed by atoms with Crippen LogP contribution >= 0.6 is 0 Å². The van der Waals surface area contributed by atoms with Crippen molar-refractivity contribution < 1.29 is 14.1 Å². The molecule has 0 bridgehead atoms. The van der Waals surface area contributed by atoms with Gasteiger partial charge < -0.3 is 10.0 Å². The smallest absolute Gasteiger partial charge is 0.335 e. The summed E-state index contributed by atoms with van der Waals surface area (Å²) >= 11 is 0. The zero-order valence-corrected chi connectivity index (χ0v) is 24.2. The molecule has 1 fully saturated rings. The van der Waals surface area contributed by atoms with E-state index in [2.05, 4.69) is 119 Å². The summed E-state index contributed by atoms with van der Waals surface area (Å²) in [4.78, 5) is 2.40. The van der Waals surface area contributed by atoms with Gasteiger partial charge in [0, 0.05) is 47.5 Å². The van der Waals surface area contributed by atoms with Crippen molar-refractivity contribution >= 4 is 22.9 Å². The molecule has 1 N–H and O–H groups in total. The molecular weight excluding hydrogens is 468 g/mol. The van der Waals surface area contributed by atoms with Gasteiger partial charge >= 0.3 is 5.78 Å². The molecule has 2 heterocycles. The Morgan fingerprint density at radius 1 is 0.947 bits per heavy atom. The van der Waals surface area contributed by atoms with Crippen LogP contribution in [0.15, 0.2) is 72.0 Å². The zero-order valence-electron chi connectivity index (χ0n) is 24.2. The number of aliphatic hydroxyl groups is 1. The quantitative estimate of drug-likeness (QED) is 0.196. The normalized spacial score (nSPS) is 26.3. The fourth-order valence-electron chi connectivity index (χ4n) is 6.65. The van der Waals surface area contributed by atoms with Crippen LogP contribution in [0.3, 0.4) is 0 Å². The van der Waals surface area contributed by atoms with Crippen LogP contribution in [0.4, 0.5) is 11.4 Å². The van der Waals surface area contributed by atoms with E-state index in [-0.39, 0.29) is 16.7 Å². The van der Waals surface area contributed by atoms with Crippen LogP contribution in [0.1, 0.15) is 72.4 Å². The van der Waals surface area contributed by atoms with Gasteiger partial charge in [-0.1, -0.05) is 57.2 Å². The van der Waals surface area contributed by atoms with E-state index in [1.165, 1.54) is 33.9 Å². The molecule has 0 spiro atoms. The number of ketones is 1. The number of benzene rings is 2. The second-order valence-corrected chi connectivity index (χ2v) is 11.8. The molecule has 2 aromatic carbocycles. The largest absolute Gasteiger partial charge is 0.387 e. The average molecular weight is 513 g/mol. The second-order valence-electron chi connectivity index (χ2n) is 11.8. The first-order valence-corrected chi connectivity index (χ1v) is 14.4. The Bertz CT molecular complexity index is 1360. The van der Waals surface area contributed by atoms with Crippen LogP contribution < -0.4 is 4.90 Å². The van der Waals surface area contributed by atoms with Crippen molar-refractivity contribution in [2.45, 2.75) is 78.2 Å². The van der Waals surface area contributed by atoms with Gasteiger partial charge in [0.05, 0.1) is 11.0 Å². The number of hydrogen-bond acceptors (Lipinski definition) is 2. The Balaban J connectivity index is 1.57. The van der Waals surface area contributed by atoms with Crippen molar-refractivity contribution in [3.8, 4) is 0 Å². The predicted molar refractivity (Wildman–Crippen MR) is 158 cm³/mol. The van der Waals surface area contributed by atoms with Gasteiger partial charge in [-0.25, -0.2) is 0 Å². The van der Waals surface area contributed by atoms with E-state index in [4.69, 9.17) is 4.42 Å². The summed E-state index contributed by atoms with van der Waals surface area (Å²) in [5, 5.41) is 11.6. The van der Waals surface area contributed by atoms with E-state index in [0.29, 0.717) is 6.61 Å². The first kappa shape index (κ1) is 26.6. The molecule has 2 aliphatic heterocycles. The van der Waals surface area contributed by atoms with Gasteiger partial charge in [-0.15, -0.1) is 0 Å². The number of unbranched alkanes of at least 4 members (excludes halogenated alkanes) is 1. The summed E-state index contributed by atoms with van der Waals surface area (Å²) in [6.07, 6.45) is 5.99. The molecule has 0 aromatic heterocycles. The first-order chi connectivity index (χ1) is 18.2. The number of allylic oxidation sites excluding steroid dienone is 2. The van der Waals surface area contributed by atoms with Crippen LogP contribution in [-0.4, -0.2) is 47.0 Å². The van der Waals surface area contributed by atoms with Gasteiger partial charge in [0.2, 0.25) is 5.69 Å². The van der Waals surface area contributed by atoms with Crippen LogP contribution in [0, 0.1) is 5.92 Å². The lowest BCUT2D eigenvalue weighted by molar-refractivity contribution is -0.462. The third-order valence-electron chi connectivity index (χ3n) is 8.86. The molecule has 0 radical (unpaired) electrons. The summed E-state index contributed by atoms with van der Waals surface area (Å²) in [6.45, 7) is 18.2. The maximum absolute atomic E-state index is 11.6. The standard InChI is InChI=1S/C34H44N2O2/c1-8-11-20-38-32-23(21-29-33(4,5)25-16-12-14-18-27(25)35(29)9-2)31(37)24(32)22-30-34(6,7)26-17-13-15-19-28(26)36(30)10-3/h12-19,21-23,31,37H,8-11,20H2,1-7H3/q+2. The lowest BCUT2D eigenvalue weighted by Gasteiger charge is -2.33. The Labute approximate surface area is 228 Å². The molecule has 0 amide bonds. The van der Waals surface area contributed by atoms with Gasteiger partial charge in [0.1, 0.15) is 18.6 Å². The monoisotopic (exact) mass is 512 g/mol. The molecule has 3 aliphatic rings. The summed E-state index contributed by atoms with van der Waals surface area (Å²) in [7, 11) is 0. The first-order valence-electron chi connectivity index (χ1n) is 14.4. The highest BCUT2D eigenvalue weighted by atomic mass is 16.4. The third-order valence-corrected chi connectivity index (χ3v) is 8.86. The minimum Gasteiger partial charge on any atom is -0.387 e. The number of nitrogens with zero attached hydrogens (tertiary/aromatic N) is 2. The molecule has 2 aromatic rings. The number of aliphatic hydroxyl groups excluding tert-OH is 1. The fraction of sp³-hybridized carbons (Fsp3) is 0.471. The molecule has 200 valence electrons. The summed E-state index contributed by atoms with van der Waals surface area (Å²) < 4.78 is 8.85. The van der Waals surface area contributed by atoms with Crippen LogP contribution in [-0.2, 0) is 15.3 Å². The number of carbonyl (C=O) groups excluding carboxylic acids is 1. The number of para-hydroxylation sites is 2. The number of rotatable bonds is 7. The average Bonchev–Trinajstić information content (AvgIpc) is 3.27. The Morgan fingerprint density at radius 2 is 1.63 bits per heavy atom. The van der Waals surface area contributed by atoms with E-state index in [0.717, 1.165) is 37.3 Å². The number of hydrogen-bond donors (Lipinski definition) is 1. The molecule has 4 nitrogen and oxygen atoms in total. The van der Waals surface area contributed by atoms with E-state index < -0.39 is 6.10 Å².